The van der Waals surface area contributed by atoms with Gasteiger partial charge in [-0.25, -0.2) is 4.79 Å². The molecule has 1 heterocycles. The van der Waals surface area contributed by atoms with Crippen LogP contribution in [0.4, 0.5) is 10.5 Å². The van der Waals surface area contributed by atoms with Crippen LogP contribution < -0.4 is 19.5 Å². The SMILES string of the molecule is O=C(O)C[C@H](NC(=O)Oc1ccc([N+](=O)[O-])cc1)c1ccc2c(c1)OCO2. The van der Waals surface area contributed by atoms with E-state index in [-0.39, 0.29) is 24.7 Å². The fourth-order valence-electron chi connectivity index (χ4n) is 2.47. The van der Waals surface area contributed by atoms with E-state index in [1.807, 2.05) is 0 Å². The minimum Gasteiger partial charge on any atom is -0.481 e. The number of ether oxygens (including phenoxy) is 3. The average molecular weight is 374 g/mol. The molecule has 0 bridgehead atoms. The second kappa shape index (κ2) is 7.60. The summed E-state index contributed by atoms with van der Waals surface area (Å²) in [5.74, 6) is -0.0547. The van der Waals surface area contributed by atoms with Crippen molar-refractivity contribution in [2.24, 2.45) is 0 Å². The second-order valence-corrected chi connectivity index (χ2v) is 5.55. The molecular formula is C17H14N2O8. The van der Waals surface area contributed by atoms with E-state index in [0.717, 1.165) is 0 Å². The van der Waals surface area contributed by atoms with Crippen LogP contribution in [-0.2, 0) is 4.79 Å². The molecule has 2 N–H and O–H groups in total. The van der Waals surface area contributed by atoms with Gasteiger partial charge in [-0.1, -0.05) is 6.07 Å². The standard InChI is InChI=1S/C17H14N2O8/c20-16(21)8-13(10-1-6-14-15(7-10)26-9-25-14)18-17(22)27-12-4-2-11(3-5-12)19(23)24/h1-7,13H,8-9H2,(H,18,22)(H,20,21)/t13-/m0/s1. The van der Waals surface area contributed by atoms with Crippen LogP contribution >= 0.6 is 0 Å². The quantitative estimate of drug-likeness (QED) is 0.581. The number of rotatable bonds is 6. The number of carbonyl (C=O) groups is 2. The maximum atomic E-state index is 12.1. The number of hydrogen-bond acceptors (Lipinski definition) is 7. The molecule has 1 atom stereocenters. The minimum atomic E-state index is -1.12. The molecule has 2 aromatic rings. The summed E-state index contributed by atoms with van der Waals surface area (Å²) in [6, 6.07) is 8.87. The molecule has 0 aliphatic carbocycles. The molecule has 0 fully saturated rings. The van der Waals surface area contributed by atoms with Crippen molar-refractivity contribution in [2.45, 2.75) is 12.5 Å². The van der Waals surface area contributed by atoms with Gasteiger partial charge in [0.25, 0.3) is 5.69 Å². The van der Waals surface area contributed by atoms with Gasteiger partial charge in [0.1, 0.15) is 5.75 Å². The van der Waals surface area contributed by atoms with E-state index in [4.69, 9.17) is 19.3 Å². The lowest BCUT2D eigenvalue weighted by Crippen LogP contribution is -2.32. The van der Waals surface area contributed by atoms with Gasteiger partial charge in [-0.2, -0.15) is 0 Å². The third-order valence-electron chi connectivity index (χ3n) is 3.73. The van der Waals surface area contributed by atoms with Crippen molar-refractivity contribution in [2.75, 3.05) is 6.79 Å². The van der Waals surface area contributed by atoms with Gasteiger partial charge in [0.05, 0.1) is 17.4 Å². The average Bonchev–Trinajstić information content (AvgIpc) is 3.09. The number of fused-ring (bicyclic) bond motifs is 1. The van der Waals surface area contributed by atoms with Gasteiger partial charge in [-0.15, -0.1) is 0 Å². The lowest BCUT2D eigenvalue weighted by molar-refractivity contribution is -0.384. The third-order valence-corrected chi connectivity index (χ3v) is 3.73. The highest BCUT2D eigenvalue weighted by Gasteiger charge is 2.22. The van der Waals surface area contributed by atoms with Gasteiger partial charge in [-0.3, -0.25) is 14.9 Å². The van der Waals surface area contributed by atoms with Crippen molar-refractivity contribution in [3.8, 4) is 17.2 Å². The number of nitro benzene ring substituents is 1. The van der Waals surface area contributed by atoms with Crippen LogP contribution in [0.2, 0.25) is 0 Å². The Morgan fingerprint density at radius 2 is 1.89 bits per heavy atom. The molecule has 1 aliphatic rings. The Labute approximate surface area is 152 Å². The Balaban J connectivity index is 1.71. The van der Waals surface area contributed by atoms with E-state index < -0.39 is 23.0 Å². The summed E-state index contributed by atoms with van der Waals surface area (Å²) in [5, 5.41) is 22.2. The predicted octanol–water partition coefficient (Wildman–Crippen LogP) is 2.63. The molecule has 0 spiro atoms. The number of amides is 1. The van der Waals surface area contributed by atoms with Crippen LogP contribution in [0.15, 0.2) is 42.5 Å². The van der Waals surface area contributed by atoms with Crippen molar-refractivity contribution >= 4 is 17.7 Å². The topological polar surface area (TPSA) is 137 Å². The molecule has 0 unspecified atom stereocenters. The van der Waals surface area contributed by atoms with Crippen LogP contribution in [0.25, 0.3) is 0 Å². The fraction of sp³-hybridized carbons (Fsp3) is 0.176. The van der Waals surface area contributed by atoms with Crippen molar-refractivity contribution < 1.29 is 33.8 Å². The number of hydrogen-bond donors (Lipinski definition) is 2. The second-order valence-electron chi connectivity index (χ2n) is 5.55. The van der Waals surface area contributed by atoms with Crippen LogP contribution in [0.3, 0.4) is 0 Å². The molecule has 2 aromatic carbocycles. The molecule has 10 heteroatoms. The molecule has 27 heavy (non-hydrogen) atoms. The Hall–Kier alpha value is -3.82. The van der Waals surface area contributed by atoms with E-state index in [0.29, 0.717) is 17.1 Å². The largest absolute Gasteiger partial charge is 0.481 e. The molecule has 3 rings (SSSR count). The first-order chi connectivity index (χ1) is 12.9. The number of carboxylic acids is 1. The molecule has 0 radical (unpaired) electrons. The first-order valence-electron chi connectivity index (χ1n) is 7.76. The summed E-state index contributed by atoms with van der Waals surface area (Å²) in [6.45, 7) is 0.0675. The highest BCUT2D eigenvalue weighted by molar-refractivity contribution is 5.73. The normalized spacial score (nSPS) is 12.9. The summed E-state index contributed by atoms with van der Waals surface area (Å²) < 4.78 is 15.5. The minimum absolute atomic E-state index is 0.0675. The van der Waals surface area contributed by atoms with Gasteiger partial charge in [0, 0.05) is 12.1 Å². The number of aliphatic carboxylic acids is 1. The number of carbonyl (C=O) groups excluding carboxylic acids is 1. The lowest BCUT2D eigenvalue weighted by Gasteiger charge is -2.17. The molecular weight excluding hydrogens is 360 g/mol. The molecule has 140 valence electrons. The number of nitro groups is 1. The summed E-state index contributed by atoms with van der Waals surface area (Å²) in [5.41, 5.74) is 0.356. The van der Waals surface area contributed by atoms with Gasteiger partial charge >= 0.3 is 12.1 Å². The molecule has 0 saturated carbocycles. The monoisotopic (exact) mass is 374 g/mol. The Bertz CT molecular complexity index is 881. The van der Waals surface area contributed by atoms with Crippen LogP contribution in [0, 0.1) is 10.1 Å². The summed E-state index contributed by atoms with van der Waals surface area (Å²) in [7, 11) is 0. The zero-order valence-corrected chi connectivity index (χ0v) is 13.8. The molecule has 1 amide bonds. The third kappa shape index (κ3) is 4.42. The highest BCUT2D eigenvalue weighted by Crippen LogP contribution is 2.34. The smallest absolute Gasteiger partial charge is 0.413 e. The molecule has 1 aliphatic heterocycles. The number of nitrogens with zero attached hydrogens (tertiary/aromatic N) is 1. The zero-order chi connectivity index (χ0) is 19.4. The maximum absolute atomic E-state index is 12.1. The molecule has 0 aromatic heterocycles. The van der Waals surface area contributed by atoms with Crippen LogP contribution in [0.5, 0.6) is 17.2 Å². The molecule has 10 nitrogen and oxygen atoms in total. The fourth-order valence-corrected chi connectivity index (χ4v) is 2.47. The Morgan fingerprint density at radius 3 is 2.56 bits per heavy atom. The van der Waals surface area contributed by atoms with Crippen molar-refractivity contribution in [3.05, 3.63) is 58.1 Å². The van der Waals surface area contributed by atoms with Gasteiger partial charge in [0.15, 0.2) is 11.5 Å². The van der Waals surface area contributed by atoms with Gasteiger partial charge < -0.3 is 24.6 Å². The van der Waals surface area contributed by atoms with Crippen molar-refractivity contribution in [1.29, 1.82) is 0 Å². The van der Waals surface area contributed by atoms with E-state index in [9.17, 15) is 19.7 Å². The van der Waals surface area contributed by atoms with E-state index in [1.165, 1.54) is 24.3 Å². The Kier molecular flexibility index (Phi) is 5.06. The Morgan fingerprint density at radius 1 is 1.19 bits per heavy atom. The number of nitrogens with one attached hydrogen (secondary N) is 1. The summed E-state index contributed by atoms with van der Waals surface area (Å²) in [4.78, 5) is 33.3. The van der Waals surface area contributed by atoms with Crippen LogP contribution in [-0.4, -0.2) is 28.9 Å². The van der Waals surface area contributed by atoms with E-state index in [2.05, 4.69) is 5.32 Å². The van der Waals surface area contributed by atoms with Gasteiger partial charge in [-0.05, 0) is 29.8 Å². The lowest BCUT2D eigenvalue weighted by atomic mass is 10.0. The number of benzene rings is 2. The van der Waals surface area contributed by atoms with Gasteiger partial charge in [0.2, 0.25) is 6.79 Å². The first-order valence-corrected chi connectivity index (χ1v) is 7.76. The number of carboxylic acid groups (broad SMARTS) is 1. The molecule has 0 saturated heterocycles. The van der Waals surface area contributed by atoms with E-state index >= 15 is 0 Å². The number of non-ortho nitro benzene ring substituents is 1. The maximum Gasteiger partial charge on any atom is 0.413 e. The predicted molar refractivity (Wildman–Crippen MR) is 89.8 cm³/mol. The summed E-state index contributed by atoms with van der Waals surface area (Å²) in [6.07, 6.45) is -1.28. The first kappa shape index (κ1) is 18.0. The zero-order valence-electron chi connectivity index (χ0n) is 13.8. The van der Waals surface area contributed by atoms with Crippen molar-refractivity contribution in [1.82, 2.24) is 5.32 Å². The summed E-state index contributed by atoms with van der Waals surface area (Å²) >= 11 is 0. The van der Waals surface area contributed by atoms with Crippen LogP contribution in [0.1, 0.15) is 18.0 Å². The van der Waals surface area contributed by atoms with Crippen molar-refractivity contribution in [3.63, 3.8) is 0 Å². The van der Waals surface area contributed by atoms with E-state index in [1.54, 1.807) is 18.2 Å². The highest BCUT2D eigenvalue weighted by atomic mass is 16.7.